The number of carbonyl (C=O) groups excluding carboxylic acids is 4. The second-order valence-electron chi connectivity index (χ2n) is 8.63. The maximum absolute atomic E-state index is 12.7. The lowest BCUT2D eigenvalue weighted by Crippen LogP contribution is -2.56. The second kappa shape index (κ2) is 15.6. The van der Waals surface area contributed by atoms with E-state index in [0.717, 1.165) is 0 Å². The second-order valence-corrected chi connectivity index (χ2v) is 8.63. The van der Waals surface area contributed by atoms with Gasteiger partial charge in [-0.3, -0.25) is 28.8 Å². The van der Waals surface area contributed by atoms with Crippen LogP contribution in [0.2, 0.25) is 0 Å². The molecule has 17 nitrogen and oxygen atoms in total. The van der Waals surface area contributed by atoms with Gasteiger partial charge in [0.05, 0.1) is 25.5 Å². The molecule has 1 aromatic rings. The van der Waals surface area contributed by atoms with Crippen LogP contribution in [0.5, 0.6) is 5.75 Å². The van der Waals surface area contributed by atoms with Crippen molar-refractivity contribution < 1.29 is 59.1 Å². The first-order valence-corrected chi connectivity index (χ1v) is 11.7. The quantitative estimate of drug-likeness (QED) is 0.0916. The number of aliphatic carboxylic acids is 3. The first kappa shape index (κ1) is 33.3. The minimum atomic E-state index is -1.76. The summed E-state index contributed by atoms with van der Waals surface area (Å²) in [6.45, 7) is 0.309. The summed E-state index contributed by atoms with van der Waals surface area (Å²) in [5.74, 6) is -8.98. The predicted octanol–water partition coefficient (Wildman–Crippen LogP) is -3.75. The van der Waals surface area contributed by atoms with E-state index in [9.17, 15) is 48.9 Å². The normalized spacial score (nSPS) is 14.4. The summed E-state index contributed by atoms with van der Waals surface area (Å²) in [6, 6.07) is -1.05. The number of aromatic hydroxyl groups is 1. The van der Waals surface area contributed by atoms with Crippen molar-refractivity contribution >= 4 is 41.5 Å². The van der Waals surface area contributed by atoms with Crippen molar-refractivity contribution in [3.63, 3.8) is 0 Å². The average Bonchev–Trinajstić information content (AvgIpc) is 2.85. The first-order chi connectivity index (χ1) is 18.6. The van der Waals surface area contributed by atoms with E-state index in [1.807, 2.05) is 16.0 Å². The van der Waals surface area contributed by atoms with E-state index >= 15 is 0 Å². The maximum atomic E-state index is 12.7. The summed E-state index contributed by atoms with van der Waals surface area (Å²) in [6.07, 6.45) is -3.42. The number of carbonyl (C=O) groups is 7. The first-order valence-electron chi connectivity index (χ1n) is 11.7. The Morgan fingerprint density at radius 2 is 1.27 bits per heavy atom. The Labute approximate surface area is 226 Å². The molecule has 0 radical (unpaired) electrons. The molecule has 0 heterocycles. The number of amides is 4. The van der Waals surface area contributed by atoms with Crippen LogP contribution in [0.25, 0.3) is 0 Å². The van der Waals surface area contributed by atoms with Gasteiger partial charge in [0.1, 0.15) is 29.9 Å². The Hall–Kier alpha value is -4.77. The van der Waals surface area contributed by atoms with Gasteiger partial charge >= 0.3 is 17.9 Å². The van der Waals surface area contributed by atoms with Gasteiger partial charge in [0, 0.05) is 6.42 Å². The van der Waals surface area contributed by atoms with Gasteiger partial charge in [0.25, 0.3) is 0 Å². The highest BCUT2D eigenvalue weighted by molar-refractivity contribution is 5.96. The highest BCUT2D eigenvalue weighted by atomic mass is 16.4. The van der Waals surface area contributed by atoms with E-state index in [2.05, 4.69) is 5.32 Å². The van der Waals surface area contributed by atoms with Crippen LogP contribution in [0, 0.1) is 0 Å². The number of hydrogen-bond acceptors (Lipinski definition) is 10. The molecular weight excluding hydrogens is 538 g/mol. The largest absolute Gasteiger partial charge is 0.508 e. The van der Waals surface area contributed by atoms with Gasteiger partial charge in [0.15, 0.2) is 0 Å². The number of aliphatic hydroxyl groups is 1. The molecule has 5 atom stereocenters. The summed E-state index contributed by atoms with van der Waals surface area (Å²) in [7, 11) is 0. The molecule has 0 saturated carbocycles. The fourth-order valence-corrected chi connectivity index (χ4v) is 3.13. The number of carboxylic acid groups (broad SMARTS) is 3. The van der Waals surface area contributed by atoms with E-state index < -0.39 is 91.2 Å². The summed E-state index contributed by atoms with van der Waals surface area (Å²) < 4.78 is 0. The monoisotopic (exact) mass is 569 g/mol. The lowest BCUT2D eigenvalue weighted by molar-refractivity contribution is -0.143. The zero-order valence-electron chi connectivity index (χ0n) is 21.2. The van der Waals surface area contributed by atoms with Crippen LogP contribution in [0.1, 0.15) is 25.3 Å². The molecule has 0 aliphatic carbocycles. The highest BCUT2D eigenvalue weighted by Gasteiger charge is 2.30. The van der Waals surface area contributed by atoms with Crippen LogP contribution in [0.15, 0.2) is 24.3 Å². The zero-order valence-corrected chi connectivity index (χ0v) is 21.2. The molecule has 1 aromatic carbocycles. The number of benzene rings is 1. The Balaban J connectivity index is 2.86. The third-order valence-electron chi connectivity index (χ3n) is 5.28. The van der Waals surface area contributed by atoms with E-state index in [1.165, 1.54) is 31.2 Å². The third kappa shape index (κ3) is 11.7. The Kier molecular flexibility index (Phi) is 13.0. The van der Waals surface area contributed by atoms with E-state index in [4.69, 9.17) is 15.9 Å². The van der Waals surface area contributed by atoms with Gasteiger partial charge in [-0.05, 0) is 24.6 Å². The van der Waals surface area contributed by atoms with Crippen molar-refractivity contribution in [2.45, 2.75) is 56.5 Å². The Morgan fingerprint density at radius 1 is 0.775 bits per heavy atom. The molecule has 0 bridgehead atoms. The van der Waals surface area contributed by atoms with Gasteiger partial charge in [0.2, 0.25) is 23.6 Å². The minimum absolute atomic E-state index is 0.0732. The molecule has 220 valence electrons. The van der Waals surface area contributed by atoms with Crippen LogP contribution in [-0.2, 0) is 40.0 Å². The Bertz CT molecular complexity index is 1110. The van der Waals surface area contributed by atoms with E-state index in [0.29, 0.717) is 5.56 Å². The molecule has 17 heteroatoms. The van der Waals surface area contributed by atoms with Gasteiger partial charge in [-0.2, -0.15) is 0 Å². The summed E-state index contributed by atoms with van der Waals surface area (Å²) in [5, 5.41) is 54.6. The van der Waals surface area contributed by atoms with Gasteiger partial charge < -0.3 is 52.5 Å². The zero-order chi connectivity index (χ0) is 30.6. The number of nitrogens with one attached hydrogen (secondary N) is 4. The van der Waals surface area contributed by atoms with Gasteiger partial charge in [-0.1, -0.05) is 12.1 Å². The van der Waals surface area contributed by atoms with Crippen LogP contribution in [-0.4, -0.2) is 104 Å². The maximum Gasteiger partial charge on any atom is 0.326 e. The van der Waals surface area contributed by atoms with Crippen LogP contribution in [0.3, 0.4) is 0 Å². The molecule has 1 rings (SSSR count). The topological polar surface area (TPSA) is 295 Å². The van der Waals surface area contributed by atoms with Crippen LogP contribution < -0.4 is 27.0 Å². The molecule has 0 fully saturated rings. The van der Waals surface area contributed by atoms with Crippen molar-refractivity contribution in [1.29, 1.82) is 0 Å². The lowest BCUT2D eigenvalue weighted by atomic mass is 10.0. The lowest BCUT2D eigenvalue weighted by Gasteiger charge is -2.22. The molecule has 11 N–H and O–H groups in total. The summed E-state index contributed by atoms with van der Waals surface area (Å²) in [5.41, 5.74) is 5.87. The number of phenols is 1. The highest BCUT2D eigenvalue weighted by Crippen LogP contribution is 2.12. The fraction of sp³-hybridized carbons (Fsp3) is 0.435. The number of carboxylic acids is 3. The standard InChI is InChI=1S/C23H31N5O12/c1-10(29)19(24)22(38)27-13(7-17(32)33)20(36)25-9-16(31)26-14(8-18(34)35)21(37)28-15(23(39)40)6-11-2-4-12(30)5-3-11/h2-5,10,13-15,19,29-30H,6-9,24H2,1H3,(H,25,36)(H,26,31)(H,27,38)(H,28,37)(H,32,33)(H,34,35)(H,39,40)/t10-,13+,14+,15+,19+/m1/s1. The smallest absolute Gasteiger partial charge is 0.326 e. The third-order valence-corrected chi connectivity index (χ3v) is 5.28. The van der Waals surface area contributed by atoms with Gasteiger partial charge in [-0.15, -0.1) is 0 Å². The SMILES string of the molecule is C[C@@H](O)[C@H](N)C(=O)N[C@@H](CC(=O)O)C(=O)NCC(=O)N[C@@H](CC(=O)O)C(=O)N[C@@H](Cc1ccc(O)cc1)C(=O)O. The molecule has 0 saturated heterocycles. The fourth-order valence-electron chi connectivity index (χ4n) is 3.13. The molecule has 0 aromatic heterocycles. The Morgan fingerprint density at radius 3 is 1.75 bits per heavy atom. The summed E-state index contributed by atoms with van der Waals surface area (Å²) >= 11 is 0. The molecule has 0 unspecified atom stereocenters. The van der Waals surface area contributed by atoms with Crippen LogP contribution >= 0.6 is 0 Å². The summed E-state index contributed by atoms with van der Waals surface area (Å²) in [4.78, 5) is 83.4. The van der Waals surface area contributed by atoms with E-state index in [-0.39, 0.29) is 12.2 Å². The number of phenolic OH excluding ortho intramolecular Hbond substituents is 1. The van der Waals surface area contributed by atoms with Crippen molar-refractivity contribution in [2.75, 3.05) is 6.54 Å². The number of hydrogen-bond donors (Lipinski definition) is 10. The van der Waals surface area contributed by atoms with Crippen molar-refractivity contribution in [3.8, 4) is 5.75 Å². The minimum Gasteiger partial charge on any atom is -0.508 e. The van der Waals surface area contributed by atoms with Crippen LogP contribution in [0.4, 0.5) is 0 Å². The molecule has 40 heavy (non-hydrogen) atoms. The van der Waals surface area contributed by atoms with Gasteiger partial charge in [-0.25, -0.2) is 4.79 Å². The number of rotatable bonds is 16. The molecule has 0 aliphatic rings. The molecule has 4 amide bonds. The average molecular weight is 570 g/mol. The number of aliphatic hydroxyl groups excluding tert-OH is 1. The van der Waals surface area contributed by atoms with E-state index in [1.54, 1.807) is 0 Å². The van der Waals surface area contributed by atoms with Crippen molar-refractivity contribution in [3.05, 3.63) is 29.8 Å². The van der Waals surface area contributed by atoms with Crippen molar-refractivity contribution in [1.82, 2.24) is 21.3 Å². The molecule has 0 aliphatic heterocycles. The predicted molar refractivity (Wildman–Crippen MR) is 132 cm³/mol. The van der Waals surface area contributed by atoms with Crippen molar-refractivity contribution in [2.24, 2.45) is 5.73 Å². The molecule has 0 spiro atoms. The number of nitrogens with two attached hydrogens (primary N) is 1. The molecular formula is C23H31N5O12.